The van der Waals surface area contributed by atoms with Crippen molar-refractivity contribution in [2.24, 2.45) is 5.92 Å². The van der Waals surface area contributed by atoms with E-state index in [-0.39, 0.29) is 29.6 Å². The molecule has 2 N–H and O–H groups in total. The lowest BCUT2D eigenvalue weighted by Crippen LogP contribution is -2.30. The van der Waals surface area contributed by atoms with E-state index in [0.29, 0.717) is 5.69 Å². The number of carboxylic acid groups (broad SMARTS) is 1. The van der Waals surface area contributed by atoms with Crippen LogP contribution in [-0.2, 0) is 9.53 Å². The number of benzene rings is 1. The average molecular weight is 275 g/mol. The van der Waals surface area contributed by atoms with Crippen LogP contribution < -0.4 is 5.32 Å². The molecule has 1 aromatic rings. The highest BCUT2D eigenvalue weighted by molar-refractivity contribution is 5.96. The first-order valence-electron chi connectivity index (χ1n) is 6.85. The predicted octanol–water partition coefficient (Wildman–Crippen LogP) is 2.20. The molecule has 3 unspecified atom stereocenters. The van der Waals surface area contributed by atoms with Gasteiger partial charge in [0.05, 0.1) is 23.7 Å². The van der Waals surface area contributed by atoms with E-state index in [9.17, 15) is 9.59 Å². The predicted molar refractivity (Wildman–Crippen MR) is 72.8 cm³/mol. The second kappa shape index (κ2) is 4.90. The molecule has 106 valence electrons. The van der Waals surface area contributed by atoms with E-state index in [1.54, 1.807) is 6.07 Å². The third-order valence-electron chi connectivity index (χ3n) is 4.19. The summed E-state index contributed by atoms with van der Waals surface area (Å²) in [5.41, 5.74) is 1.60. The Bertz CT molecular complexity index is 569. The Hall–Kier alpha value is -1.88. The van der Waals surface area contributed by atoms with Gasteiger partial charge in [-0.15, -0.1) is 0 Å². The molecule has 0 aromatic heterocycles. The van der Waals surface area contributed by atoms with Crippen LogP contribution in [-0.4, -0.2) is 29.2 Å². The number of aromatic carboxylic acids is 1. The lowest BCUT2D eigenvalue weighted by atomic mass is 9.88. The molecule has 1 aromatic carbocycles. The van der Waals surface area contributed by atoms with E-state index in [1.165, 1.54) is 12.1 Å². The Morgan fingerprint density at radius 3 is 2.75 bits per heavy atom. The van der Waals surface area contributed by atoms with E-state index in [4.69, 9.17) is 9.84 Å². The molecule has 2 aliphatic heterocycles. The zero-order chi connectivity index (χ0) is 14.3. The highest BCUT2D eigenvalue weighted by Crippen LogP contribution is 2.39. The van der Waals surface area contributed by atoms with Gasteiger partial charge < -0.3 is 15.2 Å². The summed E-state index contributed by atoms with van der Waals surface area (Å²) in [5.74, 6) is -1.17. The fourth-order valence-electron chi connectivity index (χ4n) is 3.03. The molecule has 0 spiro atoms. The van der Waals surface area contributed by atoms with Crippen molar-refractivity contribution in [2.75, 3.05) is 5.32 Å². The zero-order valence-electron chi connectivity index (χ0n) is 11.3. The molecular formula is C15H17NO4. The smallest absolute Gasteiger partial charge is 0.335 e. The van der Waals surface area contributed by atoms with Crippen LogP contribution in [0.5, 0.6) is 0 Å². The molecule has 3 rings (SSSR count). The summed E-state index contributed by atoms with van der Waals surface area (Å²) >= 11 is 0. The van der Waals surface area contributed by atoms with Gasteiger partial charge in [-0.3, -0.25) is 4.79 Å². The van der Waals surface area contributed by atoms with Gasteiger partial charge in [0, 0.05) is 5.69 Å². The van der Waals surface area contributed by atoms with Crippen molar-refractivity contribution in [1.82, 2.24) is 0 Å². The maximum Gasteiger partial charge on any atom is 0.335 e. The Labute approximate surface area is 116 Å². The average Bonchev–Trinajstić information content (AvgIpc) is 3.03. The lowest BCUT2D eigenvalue weighted by molar-refractivity contribution is -0.121. The second-order valence-electron chi connectivity index (χ2n) is 5.54. The molecule has 3 atom stereocenters. The topological polar surface area (TPSA) is 75.6 Å². The molecule has 5 heteroatoms. The molecule has 5 nitrogen and oxygen atoms in total. The molecule has 0 radical (unpaired) electrons. The first-order chi connectivity index (χ1) is 9.54. The second-order valence-corrected chi connectivity index (χ2v) is 5.54. The van der Waals surface area contributed by atoms with Crippen molar-refractivity contribution in [1.29, 1.82) is 0 Å². The Morgan fingerprint density at radius 2 is 2.15 bits per heavy atom. The van der Waals surface area contributed by atoms with Crippen LogP contribution in [0.2, 0.25) is 0 Å². The summed E-state index contributed by atoms with van der Waals surface area (Å²) in [4.78, 5) is 23.3. The van der Waals surface area contributed by atoms with E-state index in [1.807, 2.05) is 6.92 Å². The normalized spacial score (nSPS) is 27.6. The fraction of sp³-hybridized carbons (Fsp3) is 0.467. The van der Waals surface area contributed by atoms with Crippen LogP contribution in [0, 0.1) is 12.8 Å². The number of rotatable bonds is 3. The number of fused-ring (bicyclic) bond motifs is 2. The van der Waals surface area contributed by atoms with Gasteiger partial charge in [0.15, 0.2) is 0 Å². The summed E-state index contributed by atoms with van der Waals surface area (Å²) in [7, 11) is 0. The number of ether oxygens (including phenoxy) is 1. The highest BCUT2D eigenvalue weighted by atomic mass is 16.5. The number of carbonyl (C=O) groups is 2. The van der Waals surface area contributed by atoms with Crippen LogP contribution in [0.4, 0.5) is 5.69 Å². The minimum absolute atomic E-state index is 0.0305. The summed E-state index contributed by atoms with van der Waals surface area (Å²) < 4.78 is 5.68. The van der Waals surface area contributed by atoms with Crippen molar-refractivity contribution in [2.45, 2.75) is 38.4 Å². The minimum atomic E-state index is -0.997. The van der Waals surface area contributed by atoms with E-state index < -0.39 is 5.97 Å². The van der Waals surface area contributed by atoms with Crippen LogP contribution in [0.3, 0.4) is 0 Å². The van der Waals surface area contributed by atoms with Crippen molar-refractivity contribution < 1.29 is 19.4 Å². The van der Waals surface area contributed by atoms with Crippen molar-refractivity contribution in [3.8, 4) is 0 Å². The van der Waals surface area contributed by atoms with Gasteiger partial charge in [-0.25, -0.2) is 4.79 Å². The molecule has 1 amide bonds. The molecule has 0 saturated carbocycles. The number of carboxylic acids is 1. The number of nitrogens with one attached hydrogen (secondary N) is 1. The molecule has 20 heavy (non-hydrogen) atoms. The Kier molecular flexibility index (Phi) is 3.22. The van der Waals surface area contributed by atoms with Crippen LogP contribution in [0.15, 0.2) is 18.2 Å². The van der Waals surface area contributed by atoms with E-state index in [2.05, 4.69) is 5.32 Å². The third-order valence-corrected chi connectivity index (χ3v) is 4.19. The highest BCUT2D eigenvalue weighted by Gasteiger charge is 2.44. The number of anilines is 1. The van der Waals surface area contributed by atoms with Gasteiger partial charge in [-0.1, -0.05) is 6.07 Å². The summed E-state index contributed by atoms with van der Waals surface area (Å²) in [6, 6.07) is 4.74. The van der Waals surface area contributed by atoms with Gasteiger partial charge in [0.25, 0.3) is 0 Å². The van der Waals surface area contributed by atoms with Crippen molar-refractivity contribution in [3.63, 3.8) is 0 Å². The zero-order valence-corrected chi connectivity index (χ0v) is 11.3. The maximum atomic E-state index is 12.3. The van der Waals surface area contributed by atoms with Gasteiger partial charge in [-0.05, 0) is 43.9 Å². The molecule has 2 aliphatic rings. The molecular weight excluding hydrogens is 258 g/mol. The first-order valence-corrected chi connectivity index (χ1v) is 6.85. The Balaban J connectivity index is 1.75. The first kappa shape index (κ1) is 13.1. The van der Waals surface area contributed by atoms with Gasteiger partial charge in [0.1, 0.15) is 0 Å². The lowest BCUT2D eigenvalue weighted by Gasteiger charge is -2.19. The SMILES string of the molecule is Cc1ccc(C(=O)O)cc1NC(=O)C1CC2CCC1O2. The number of amides is 1. The third kappa shape index (κ3) is 2.29. The van der Waals surface area contributed by atoms with Gasteiger partial charge in [0.2, 0.25) is 5.91 Å². The van der Waals surface area contributed by atoms with Crippen LogP contribution in [0.1, 0.15) is 35.2 Å². The fourth-order valence-corrected chi connectivity index (χ4v) is 3.03. The number of carbonyl (C=O) groups excluding carboxylic acids is 1. The van der Waals surface area contributed by atoms with Crippen molar-refractivity contribution in [3.05, 3.63) is 29.3 Å². The largest absolute Gasteiger partial charge is 0.478 e. The van der Waals surface area contributed by atoms with Crippen LogP contribution in [0.25, 0.3) is 0 Å². The molecule has 2 saturated heterocycles. The molecule has 0 aliphatic carbocycles. The Morgan fingerprint density at radius 1 is 1.35 bits per heavy atom. The summed E-state index contributed by atoms with van der Waals surface area (Å²) in [6.07, 6.45) is 3.01. The number of hydrogen-bond acceptors (Lipinski definition) is 3. The monoisotopic (exact) mass is 275 g/mol. The number of aryl methyl sites for hydroxylation is 1. The number of hydrogen-bond donors (Lipinski definition) is 2. The maximum absolute atomic E-state index is 12.3. The van der Waals surface area contributed by atoms with Crippen LogP contribution >= 0.6 is 0 Å². The standard InChI is InChI=1S/C15H17NO4/c1-8-2-3-9(15(18)19)6-12(8)16-14(17)11-7-10-4-5-13(11)20-10/h2-3,6,10-11,13H,4-5,7H2,1H3,(H,16,17)(H,18,19). The summed E-state index contributed by atoms with van der Waals surface area (Å²) in [5, 5.41) is 11.8. The minimum Gasteiger partial charge on any atom is -0.478 e. The van der Waals surface area contributed by atoms with E-state index >= 15 is 0 Å². The summed E-state index contributed by atoms with van der Waals surface area (Å²) in [6.45, 7) is 1.85. The molecule has 2 bridgehead atoms. The van der Waals surface area contributed by atoms with E-state index in [0.717, 1.165) is 24.8 Å². The quantitative estimate of drug-likeness (QED) is 0.886. The molecule has 2 heterocycles. The van der Waals surface area contributed by atoms with Crippen molar-refractivity contribution >= 4 is 17.6 Å². The van der Waals surface area contributed by atoms with Gasteiger partial charge >= 0.3 is 5.97 Å². The van der Waals surface area contributed by atoms with Gasteiger partial charge in [-0.2, -0.15) is 0 Å². The molecule has 2 fully saturated rings.